The van der Waals surface area contributed by atoms with Crippen LogP contribution in [0.3, 0.4) is 0 Å². The summed E-state index contributed by atoms with van der Waals surface area (Å²) in [5, 5.41) is 13.6. The van der Waals surface area contributed by atoms with Crippen molar-refractivity contribution in [2.24, 2.45) is 0 Å². The van der Waals surface area contributed by atoms with Crippen molar-refractivity contribution in [3.63, 3.8) is 0 Å². The van der Waals surface area contributed by atoms with Crippen molar-refractivity contribution in [1.82, 2.24) is 10.3 Å². The third kappa shape index (κ3) is 3.12. The van der Waals surface area contributed by atoms with Crippen LogP contribution in [0.25, 0.3) is 0 Å². The largest absolute Gasteiger partial charge is 0.476 e. The second-order valence-corrected chi connectivity index (χ2v) is 5.09. The van der Waals surface area contributed by atoms with E-state index in [0.29, 0.717) is 16.3 Å². The molecular weight excluding hydrogens is 278 g/mol. The van der Waals surface area contributed by atoms with Gasteiger partial charge in [0.05, 0.1) is 6.04 Å². The normalized spacial score (nSPS) is 11.8. The Bertz CT molecular complexity index is 654. The number of nitrogens with zero attached hydrogens (tertiary/aromatic N) is 1. The van der Waals surface area contributed by atoms with Gasteiger partial charge in [-0.1, -0.05) is 6.07 Å². The fourth-order valence-corrected chi connectivity index (χ4v) is 2.41. The van der Waals surface area contributed by atoms with Crippen LogP contribution in [0.15, 0.2) is 29.6 Å². The number of carboxylic acids is 1. The van der Waals surface area contributed by atoms with E-state index in [-0.39, 0.29) is 17.6 Å². The van der Waals surface area contributed by atoms with Gasteiger partial charge >= 0.3 is 5.97 Å². The lowest BCUT2D eigenvalue weighted by Gasteiger charge is -2.11. The Labute approximate surface area is 119 Å². The predicted molar refractivity (Wildman–Crippen MR) is 75.8 cm³/mol. The standard InChI is InChI=1S/C13H13N3O3S/c1-7(12-16-10(6-20-12)13(18)19)15-11(17)8-3-2-4-9(14)5-8/h2-7H,14H2,1H3,(H,15,17)(H,18,19). The molecular formula is C13H13N3O3S. The van der Waals surface area contributed by atoms with E-state index in [0.717, 1.165) is 0 Å². The third-order valence-corrected chi connectivity index (χ3v) is 3.64. The Balaban J connectivity index is 2.08. The fraction of sp³-hybridized carbons (Fsp3) is 0.154. The van der Waals surface area contributed by atoms with E-state index < -0.39 is 5.97 Å². The van der Waals surface area contributed by atoms with Crippen LogP contribution < -0.4 is 11.1 Å². The highest BCUT2D eigenvalue weighted by Crippen LogP contribution is 2.18. The second-order valence-electron chi connectivity index (χ2n) is 4.20. The number of nitrogen functional groups attached to an aromatic ring is 1. The number of thiazole rings is 1. The molecule has 2 rings (SSSR count). The molecule has 2 aromatic rings. The van der Waals surface area contributed by atoms with Gasteiger partial charge in [-0.25, -0.2) is 9.78 Å². The van der Waals surface area contributed by atoms with Crippen molar-refractivity contribution in [2.75, 3.05) is 5.73 Å². The molecule has 6 nitrogen and oxygen atoms in total. The number of carbonyl (C=O) groups is 2. The smallest absolute Gasteiger partial charge is 0.355 e. The van der Waals surface area contributed by atoms with Gasteiger partial charge in [-0.3, -0.25) is 4.79 Å². The van der Waals surface area contributed by atoms with Gasteiger partial charge in [-0.2, -0.15) is 0 Å². The predicted octanol–water partition coefficient (Wildman–Crippen LogP) is 1.91. The fourth-order valence-electron chi connectivity index (χ4n) is 1.61. The number of anilines is 1. The minimum absolute atomic E-state index is 0.0185. The summed E-state index contributed by atoms with van der Waals surface area (Å²) < 4.78 is 0. The number of hydrogen-bond donors (Lipinski definition) is 3. The maximum absolute atomic E-state index is 12.0. The molecule has 1 aromatic carbocycles. The van der Waals surface area contributed by atoms with E-state index in [1.807, 2.05) is 0 Å². The summed E-state index contributed by atoms with van der Waals surface area (Å²) in [6.45, 7) is 1.74. The molecule has 1 heterocycles. The van der Waals surface area contributed by atoms with Crippen LogP contribution in [-0.2, 0) is 0 Å². The van der Waals surface area contributed by atoms with E-state index in [2.05, 4.69) is 10.3 Å². The number of aromatic nitrogens is 1. The maximum atomic E-state index is 12.0. The lowest BCUT2D eigenvalue weighted by Crippen LogP contribution is -2.26. The van der Waals surface area contributed by atoms with Crippen LogP contribution in [-0.4, -0.2) is 22.0 Å². The van der Waals surface area contributed by atoms with Crippen LogP contribution in [0.1, 0.15) is 38.8 Å². The number of aromatic carboxylic acids is 1. The number of carboxylic acid groups (broad SMARTS) is 1. The van der Waals surface area contributed by atoms with Gasteiger partial charge in [-0.05, 0) is 25.1 Å². The zero-order valence-electron chi connectivity index (χ0n) is 10.7. The van der Waals surface area contributed by atoms with Gasteiger partial charge in [0.15, 0.2) is 5.69 Å². The lowest BCUT2D eigenvalue weighted by atomic mass is 10.2. The quantitative estimate of drug-likeness (QED) is 0.746. The van der Waals surface area contributed by atoms with Crippen molar-refractivity contribution in [3.05, 3.63) is 45.9 Å². The molecule has 1 aromatic heterocycles. The maximum Gasteiger partial charge on any atom is 0.355 e. The monoisotopic (exact) mass is 291 g/mol. The van der Waals surface area contributed by atoms with Gasteiger partial charge in [-0.15, -0.1) is 11.3 Å². The van der Waals surface area contributed by atoms with Crippen molar-refractivity contribution < 1.29 is 14.7 Å². The first kappa shape index (κ1) is 14.0. The highest BCUT2D eigenvalue weighted by atomic mass is 32.1. The molecule has 0 saturated carbocycles. The Morgan fingerprint density at radius 3 is 2.80 bits per heavy atom. The third-order valence-electron chi connectivity index (χ3n) is 2.61. The Morgan fingerprint density at radius 2 is 2.20 bits per heavy atom. The van der Waals surface area contributed by atoms with Crippen molar-refractivity contribution in [1.29, 1.82) is 0 Å². The first-order valence-corrected chi connectivity index (χ1v) is 6.70. The number of rotatable bonds is 4. The average molecular weight is 291 g/mol. The number of benzene rings is 1. The average Bonchev–Trinajstić information content (AvgIpc) is 2.88. The van der Waals surface area contributed by atoms with Crippen molar-refractivity contribution in [3.8, 4) is 0 Å². The number of carbonyl (C=O) groups excluding carboxylic acids is 1. The highest BCUT2D eigenvalue weighted by Gasteiger charge is 2.16. The molecule has 0 aliphatic rings. The molecule has 0 bridgehead atoms. The summed E-state index contributed by atoms with van der Waals surface area (Å²) in [6.07, 6.45) is 0. The summed E-state index contributed by atoms with van der Waals surface area (Å²) >= 11 is 1.19. The van der Waals surface area contributed by atoms with Gasteiger partial charge in [0.2, 0.25) is 0 Å². The SMILES string of the molecule is CC(NC(=O)c1cccc(N)c1)c1nc(C(=O)O)cs1. The van der Waals surface area contributed by atoms with E-state index in [1.165, 1.54) is 16.7 Å². The lowest BCUT2D eigenvalue weighted by molar-refractivity contribution is 0.0691. The molecule has 0 fully saturated rings. The summed E-state index contributed by atoms with van der Waals surface area (Å²) in [4.78, 5) is 26.7. The van der Waals surface area contributed by atoms with Crippen molar-refractivity contribution in [2.45, 2.75) is 13.0 Å². The molecule has 20 heavy (non-hydrogen) atoms. The molecule has 0 radical (unpaired) electrons. The van der Waals surface area contributed by atoms with E-state index in [9.17, 15) is 9.59 Å². The highest BCUT2D eigenvalue weighted by molar-refractivity contribution is 7.09. The summed E-state index contributed by atoms with van der Waals surface area (Å²) in [5.41, 5.74) is 6.56. The zero-order chi connectivity index (χ0) is 14.7. The summed E-state index contributed by atoms with van der Waals surface area (Å²) in [6, 6.07) is 6.25. The molecule has 104 valence electrons. The number of nitrogens with one attached hydrogen (secondary N) is 1. The van der Waals surface area contributed by atoms with E-state index in [4.69, 9.17) is 10.8 Å². The minimum atomic E-state index is -1.08. The number of hydrogen-bond acceptors (Lipinski definition) is 5. The Morgan fingerprint density at radius 1 is 1.45 bits per heavy atom. The molecule has 0 spiro atoms. The molecule has 0 aliphatic carbocycles. The molecule has 7 heteroatoms. The van der Waals surface area contributed by atoms with Crippen LogP contribution in [0.5, 0.6) is 0 Å². The molecule has 4 N–H and O–H groups in total. The molecule has 0 saturated heterocycles. The van der Waals surface area contributed by atoms with E-state index >= 15 is 0 Å². The Kier molecular flexibility index (Phi) is 3.99. The second kappa shape index (κ2) is 5.70. The first-order chi connectivity index (χ1) is 9.47. The van der Waals surface area contributed by atoms with Gasteiger partial charge in [0.25, 0.3) is 5.91 Å². The number of amides is 1. The van der Waals surface area contributed by atoms with Gasteiger partial charge < -0.3 is 16.2 Å². The van der Waals surface area contributed by atoms with Crippen LogP contribution in [0, 0.1) is 0 Å². The van der Waals surface area contributed by atoms with Crippen molar-refractivity contribution >= 4 is 28.9 Å². The van der Waals surface area contributed by atoms with Crippen LogP contribution >= 0.6 is 11.3 Å². The minimum Gasteiger partial charge on any atom is -0.476 e. The summed E-state index contributed by atoms with van der Waals surface area (Å²) in [7, 11) is 0. The van der Waals surface area contributed by atoms with Crippen LogP contribution in [0.2, 0.25) is 0 Å². The molecule has 0 aliphatic heterocycles. The van der Waals surface area contributed by atoms with Gasteiger partial charge in [0, 0.05) is 16.6 Å². The number of nitrogens with two attached hydrogens (primary N) is 1. The van der Waals surface area contributed by atoms with Crippen LogP contribution in [0.4, 0.5) is 5.69 Å². The molecule has 1 atom stereocenters. The first-order valence-electron chi connectivity index (χ1n) is 5.82. The zero-order valence-corrected chi connectivity index (χ0v) is 11.5. The van der Waals surface area contributed by atoms with Gasteiger partial charge in [0.1, 0.15) is 5.01 Å². The Hall–Kier alpha value is -2.41. The molecule has 1 unspecified atom stereocenters. The topological polar surface area (TPSA) is 105 Å². The van der Waals surface area contributed by atoms with E-state index in [1.54, 1.807) is 31.2 Å². The summed E-state index contributed by atoms with van der Waals surface area (Å²) in [5.74, 6) is -1.36. The molecule has 1 amide bonds.